The molecular weight excluding hydrogens is 230 g/mol. The minimum Gasteiger partial charge on any atom is -0.377 e. The minimum atomic E-state index is -0.112. The Morgan fingerprint density at radius 2 is 2.44 bits per heavy atom. The molecule has 5 heteroatoms. The van der Waals surface area contributed by atoms with Crippen LogP contribution in [0, 0.1) is 6.92 Å². The molecule has 98 valence electrons. The van der Waals surface area contributed by atoms with Crippen molar-refractivity contribution >= 4 is 11.7 Å². The van der Waals surface area contributed by atoms with E-state index in [1.165, 1.54) is 0 Å². The number of carbonyl (C=O) groups is 1. The summed E-state index contributed by atoms with van der Waals surface area (Å²) in [5.41, 5.74) is 7.57. The van der Waals surface area contributed by atoms with Gasteiger partial charge in [-0.15, -0.1) is 0 Å². The van der Waals surface area contributed by atoms with E-state index in [2.05, 4.69) is 5.32 Å². The Morgan fingerprint density at radius 1 is 1.61 bits per heavy atom. The van der Waals surface area contributed by atoms with Crippen LogP contribution in [0.5, 0.6) is 0 Å². The molecule has 0 radical (unpaired) electrons. The van der Waals surface area contributed by atoms with E-state index in [1.54, 1.807) is 4.90 Å². The molecule has 1 aromatic carbocycles. The summed E-state index contributed by atoms with van der Waals surface area (Å²) in [5, 5.41) is 2.89. The monoisotopic (exact) mass is 249 g/mol. The van der Waals surface area contributed by atoms with Crippen molar-refractivity contribution in [3.8, 4) is 0 Å². The van der Waals surface area contributed by atoms with E-state index in [1.807, 2.05) is 31.2 Å². The Morgan fingerprint density at radius 3 is 3.17 bits per heavy atom. The number of aryl methyl sites for hydroxylation is 1. The number of rotatable bonds is 2. The van der Waals surface area contributed by atoms with Gasteiger partial charge in [-0.2, -0.15) is 0 Å². The molecule has 1 aliphatic heterocycles. The zero-order chi connectivity index (χ0) is 13.0. The van der Waals surface area contributed by atoms with Gasteiger partial charge in [-0.05, 0) is 24.6 Å². The number of nitrogens with zero attached hydrogens (tertiary/aromatic N) is 1. The van der Waals surface area contributed by atoms with Gasteiger partial charge >= 0.3 is 6.03 Å². The number of morpholine rings is 1. The molecule has 2 rings (SSSR count). The molecule has 0 bridgehead atoms. The van der Waals surface area contributed by atoms with Crippen molar-refractivity contribution in [2.75, 3.05) is 31.6 Å². The van der Waals surface area contributed by atoms with E-state index in [9.17, 15) is 4.79 Å². The highest BCUT2D eigenvalue weighted by Crippen LogP contribution is 2.13. The molecule has 0 spiro atoms. The fourth-order valence-electron chi connectivity index (χ4n) is 2.04. The molecule has 18 heavy (non-hydrogen) atoms. The first kappa shape index (κ1) is 12.9. The molecule has 1 aromatic rings. The predicted octanol–water partition coefficient (Wildman–Crippen LogP) is 1.19. The van der Waals surface area contributed by atoms with Crippen molar-refractivity contribution in [1.82, 2.24) is 4.90 Å². The van der Waals surface area contributed by atoms with Crippen molar-refractivity contribution in [2.45, 2.75) is 13.0 Å². The standard InChI is InChI=1S/C13H19N3O2/c1-10-3-2-4-11(7-10)15-13(17)16-5-6-18-9-12(16)8-14/h2-4,7,12H,5-6,8-9,14H2,1H3,(H,15,17). The molecule has 5 nitrogen and oxygen atoms in total. The highest BCUT2D eigenvalue weighted by molar-refractivity contribution is 5.89. The second-order valence-corrected chi connectivity index (χ2v) is 4.46. The molecule has 2 amide bonds. The van der Waals surface area contributed by atoms with Gasteiger partial charge in [-0.25, -0.2) is 4.79 Å². The molecule has 1 atom stereocenters. The van der Waals surface area contributed by atoms with Crippen molar-refractivity contribution in [1.29, 1.82) is 0 Å². The Balaban J connectivity index is 2.02. The minimum absolute atomic E-state index is 0.0384. The summed E-state index contributed by atoms with van der Waals surface area (Å²) in [5.74, 6) is 0. The highest BCUT2D eigenvalue weighted by Gasteiger charge is 2.26. The number of amides is 2. The van der Waals surface area contributed by atoms with E-state index in [0.29, 0.717) is 26.3 Å². The second-order valence-electron chi connectivity index (χ2n) is 4.46. The Labute approximate surface area is 107 Å². The molecule has 0 aliphatic carbocycles. The van der Waals surface area contributed by atoms with E-state index in [0.717, 1.165) is 11.3 Å². The van der Waals surface area contributed by atoms with Gasteiger partial charge in [0.1, 0.15) is 0 Å². The first-order chi connectivity index (χ1) is 8.70. The average molecular weight is 249 g/mol. The van der Waals surface area contributed by atoms with Crippen LogP contribution < -0.4 is 11.1 Å². The van der Waals surface area contributed by atoms with Crippen LogP contribution >= 0.6 is 0 Å². The van der Waals surface area contributed by atoms with Crippen LogP contribution in [0.3, 0.4) is 0 Å². The maximum atomic E-state index is 12.2. The lowest BCUT2D eigenvalue weighted by molar-refractivity contribution is 0.0188. The molecule has 0 saturated carbocycles. The fourth-order valence-corrected chi connectivity index (χ4v) is 2.04. The van der Waals surface area contributed by atoms with Gasteiger partial charge in [0.2, 0.25) is 0 Å². The van der Waals surface area contributed by atoms with Crippen LogP contribution in [-0.4, -0.2) is 43.3 Å². The number of hydrogen-bond acceptors (Lipinski definition) is 3. The third kappa shape index (κ3) is 3.00. The topological polar surface area (TPSA) is 67.6 Å². The maximum Gasteiger partial charge on any atom is 0.322 e. The lowest BCUT2D eigenvalue weighted by atomic mass is 10.2. The number of urea groups is 1. The molecule has 1 unspecified atom stereocenters. The summed E-state index contributed by atoms with van der Waals surface area (Å²) < 4.78 is 5.32. The van der Waals surface area contributed by atoms with Crippen LogP contribution in [0.4, 0.5) is 10.5 Å². The van der Waals surface area contributed by atoms with Crippen molar-refractivity contribution < 1.29 is 9.53 Å². The summed E-state index contributed by atoms with van der Waals surface area (Å²) in [6.45, 7) is 4.07. The van der Waals surface area contributed by atoms with Crippen LogP contribution in [0.1, 0.15) is 5.56 Å². The summed E-state index contributed by atoms with van der Waals surface area (Å²) in [6, 6.07) is 7.58. The quantitative estimate of drug-likeness (QED) is 0.827. The number of ether oxygens (including phenoxy) is 1. The highest BCUT2D eigenvalue weighted by atomic mass is 16.5. The first-order valence-corrected chi connectivity index (χ1v) is 6.13. The number of benzene rings is 1. The number of hydrogen-bond donors (Lipinski definition) is 2. The summed E-state index contributed by atoms with van der Waals surface area (Å²) in [4.78, 5) is 13.9. The first-order valence-electron chi connectivity index (χ1n) is 6.13. The van der Waals surface area contributed by atoms with E-state index in [4.69, 9.17) is 10.5 Å². The van der Waals surface area contributed by atoms with Gasteiger partial charge in [0, 0.05) is 18.8 Å². The second kappa shape index (κ2) is 5.84. The Kier molecular flexibility index (Phi) is 4.17. The van der Waals surface area contributed by atoms with Crippen LogP contribution in [0.2, 0.25) is 0 Å². The zero-order valence-electron chi connectivity index (χ0n) is 10.6. The molecule has 1 heterocycles. The number of carbonyl (C=O) groups excluding carboxylic acids is 1. The zero-order valence-corrected chi connectivity index (χ0v) is 10.6. The van der Waals surface area contributed by atoms with Gasteiger partial charge in [0.25, 0.3) is 0 Å². The Bertz CT molecular complexity index is 422. The molecular formula is C13H19N3O2. The van der Waals surface area contributed by atoms with Crippen LogP contribution in [0.15, 0.2) is 24.3 Å². The Hall–Kier alpha value is -1.59. The summed E-state index contributed by atoms with van der Waals surface area (Å²) >= 11 is 0. The fraction of sp³-hybridized carbons (Fsp3) is 0.462. The van der Waals surface area contributed by atoms with Gasteiger partial charge in [0.05, 0.1) is 19.3 Å². The van der Waals surface area contributed by atoms with Crippen molar-refractivity contribution in [2.24, 2.45) is 5.73 Å². The smallest absolute Gasteiger partial charge is 0.322 e. The number of nitrogens with one attached hydrogen (secondary N) is 1. The van der Waals surface area contributed by atoms with Crippen LogP contribution in [-0.2, 0) is 4.74 Å². The molecule has 1 aliphatic rings. The predicted molar refractivity (Wildman–Crippen MR) is 70.6 cm³/mol. The van der Waals surface area contributed by atoms with E-state index >= 15 is 0 Å². The van der Waals surface area contributed by atoms with Crippen LogP contribution in [0.25, 0.3) is 0 Å². The van der Waals surface area contributed by atoms with E-state index in [-0.39, 0.29) is 12.1 Å². The van der Waals surface area contributed by atoms with Gasteiger partial charge in [0.15, 0.2) is 0 Å². The lowest BCUT2D eigenvalue weighted by Crippen LogP contribution is -2.53. The van der Waals surface area contributed by atoms with Gasteiger partial charge < -0.3 is 20.7 Å². The van der Waals surface area contributed by atoms with Gasteiger partial charge in [-0.3, -0.25) is 0 Å². The molecule has 3 N–H and O–H groups in total. The van der Waals surface area contributed by atoms with Gasteiger partial charge in [-0.1, -0.05) is 12.1 Å². The lowest BCUT2D eigenvalue weighted by Gasteiger charge is -2.34. The summed E-state index contributed by atoms with van der Waals surface area (Å²) in [6.07, 6.45) is 0. The molecule has 1 saturated heterocycles. The van der Waals surface area contributed by atoms with Crippen molar-refractivity contribution in [3.05, 3.63) is 29.8 Å². The maximum absolute atomic E-state index is 12.2. The third-order valence-corrected chi connectivity index (χ3v) is 3.03. The molecule has 1 fully saturated rings. The number of nitrogens with two attached hydrogens (primary N) is 1. The largest absolute Gasteiger partial charge is 0.377 e. The molecule has 0 aromatic heterocycles. The third-order valence-electron chi connectivity index (χ3n) is 3.03. The number of anilines is 1. The summed E-state index contributed by atoms with van der Waals surface area (Å²) in [7, 11) is 0. The van der Waals surface area contributed by atoms with E-state index < -0.39 is 0 Å². The normalized spacial score (nSPS) is 19.7. The van der Waals surface area contributed by atoms with Crippen molar-refractivity contribution in [3.63, 3.8) is 0 Å². The SMILES string of the molecule is Cc1cccc(NC(=O)N2CCOCC2CN)c1. The average Bonchev–Trinajstić information content (AvgIpc) is 2.38.